The smallest absolute Gasteiger partial charge is 0.123 e. The van der Waals surface area contributed by atoms with E-state index < -0.39 is 0 Å². The van der Waals surface area contributed by atoms with Crippen molar-refractivity contribution >= 4 is 0 Å². The zero-order chi connectivity index (χ0) is 12.3. The van der Waals surface area contributed by atoms with Gasteiger partial charge in [-0.2, -0.15) is 0 Å². The normalized spacial score (nSPS) is 17.1. The Balaban J connectivity index is 2.11. The van der Waals surface area contributed by atoms with Crippen LogP contribution >= 0.6 is 0 Å². The van der Waals surface area contributed by atoms with Crippen molar-refractivity contribution in [3.05, 3.63) is 17.7 Å². The molecule has 0 saturated heterocycles. The van der Waals surface area contributed by atoms with Crippen LogP contribution in [0.1, 0.15) is 31.8 Å². The van der Waals surface area contributed by atoms with Crippen LogP contribution in [-0.4, -0.2) is 33.6 Å². The van der Waals surface area contributed by atoms with Crippen LogP contribution in [0.5, 0.6) is 0 Å². The highest BCUT2D eigenvalue weighted by Crippen LogP contribution is 2.13. The molecule has 4 heteroatoms. The lowest BCUT2D eigenvalue weighted by Gasteiger charge is -2.26. The molecule has 0 aliphatic carbocycles. The van der Waals surface area contributed by atoms with Gasteiger partial charge >= 0.3 is 0 Å². The largest absolute Gasteiger partial charge is 0.327 e. The minimum atomic E-state index is 0.141. The van der Waals surface area contributed by atoms with Crippen molar-refractivity contribution in [2.75, 3.05) is 13.1 Å². The van der Waals surface area contributed by atoms with E-state index in [4.69, 9.17) is 5.73 Å². The predicted molar refractivity (Wildman–Crippen MR) is 68.3 cm³/mol. The van der Waals surface area contributed by atoms with Gasteiger partial charge in [0.05, 0.1) is 12.7 Å². The van der Waals surface area contributed by atoms with Crippen molar-refractivity contribution in [1.29, 1.82) is 0 Å². The fourth-order valence-corrected chi connectivity index (χ4v) is 1.98. The SMILES string of the molecule is CCN1CCn2c(C#CC[C@H](C)N)cnc2C1. The standard InChI is InChI=1S/C13H20N4/c1-3-16-7-8-17-12(6-4-5-11(2)14)9-15-13(17)10-16/h9,11H,3,5,7-8,10,14H2,1-2H3/t11-/m0/s1. The lowest BCUT2D eigenvalue weighted by Crippen LogP contribution is -2.33. The van der Waals surface area contributed by atoms with Crippen LogP contribution in [0.3, 0.4) is 0 Å². The third kappa shape index (κ3) is 2.87. The molecule has 1 atom stereocenters. The van der Waals surface area contributed by atoms with Crippen molar-refractivity contribution in [3.63, 3.8) is 0 Å². The molecule has 2 N–H and O–H groups in total. The molecule has 4 nitrogen and oxygen atoms in total. The van der Waals surface area contributed by atoms with E-state index in [0.29, 0.717) is 0 Å². The van der Waals surface area contributed by atoms with Gasteiger partial charge in [-0.3, -0.25) is 4.90 Å². The first-order chi connectivity index (χ1) is 8.20. The quantitative estimate of drug-likeness (QED) is 0.768. The number of hydrogen-bond donors (Lipinski definition) is 1. The van der Waals surface area contributed by atoms with Crippen molar-refractivity contribution in [1.82, 2.24) is 14.5 Å². The molecule has 1 aromatic heterocycles. The summed E-state index contributed by atoms with van der Waals surface area (Å²) in [6, 6.07) is 0.141. The lowest BCUT2D eigenvalue weighted by atomic mass is 10.2. The highest BCUT2D eigenvalue weighted by Gasteiger charge is 2.17. The second-order valence-corrected chi connectivity index (χ2v) is 4.56. The van der Waals surface area contributed by atoms with Crippen LogP contribution in [0.25, 0.3) is 0 Å². The molecular weight excluding hydrogens is 212 g/mol. The summed E-state index contributed by atoms with van der Waals surface area (Å²) in [5.74, 6) is 7.41. The number of aromatic nitrogens is 2. The summed E-state index contributed by atoms with van der Waals surface area (Å²) in [6.07, 6.45) is 2.62. The highest BCUT2D eigenvalue weighted by atomic mass is 15.2. The zero-order valence-corrected chi connectivity index (χ0v) is 10.6. The fourth-order valence-electron chi connectivity index (χ4n) is 1.98. The molecule has 1 aliphatic rings. The van der Waals surface area contributed by atoms with Crippen LogP contribution in [0.15, 0.2) is 6.20 Å². The maximum absolute atomic E-state index is 5.67. The Kier molecular flexibility index (Phi) is 3.82. The molecule has 2 rings (SSSR count). The highest BCUT2D eigenvalue weighted by molar-refractivity contribution is 5.28. The number of hydrogen-bond acceptors (Lipinski definition) is 3. The molecule has 2 heterocycles. The average molecular weight is 232 g/mol. The molecule has 1 aliphatic heterocycles. The maximum Gasteiger partial charge on any atom is 0.123 e. The Morgan fingerprint density at radius 2 is 2.35 bits per heavy atom. The van der Waals surface area contributed by atoms with Crippen LogP contribution in [-0.2, 0) is 13.1 Å². The summed E-state index contributed by atoms with van der Waals surface area (Å²) in [5, 5.41) is 0. The van der Waals surface area contributed by atoms with Gasteiger partial charge in [-0.1, -0.05) is 12.8 Å². The molecule has 0 fully saturated rings. The number of rotatable bonds is 2. The van der Waals surface area contributed by atoms with Gasteiger partial charge in [0.15, 0.2) is 0 Å². The first-order valence-corrected chi connectivity index (χ1v) is 6.22. The van der Waals surface area contributed by atoms with Gasteiger partial charge in [0.1, 0.15) is 11.5 Å². The molecular formula is C13H20N4. The molecule has 0 unspecified atom stereocenters. The number of likely N-dealkylation sites (N-methyl/N-ethyl adjacent to an activating group) is 1. The van der Waals surface area contributed by atoms with Gasteiger partial charge in [-0.15, -0.1) is 0 Å². The Labute approximate surface area is 103 Å². The van der Waals surface area contributed by atoms with E-state index >= 15 is 0 Å². The molecule has 0 aromatic carbocycles. The predicted octanol–water partition coefficient (Wildman–Crippen LogP) is 0.807. The number of imidazole rings is 1. The van der Waals surface area contributed by atoms with E-state index in [0.717, 1.165) is 44.1 Å². The summed E-state index contributed by atoms with van der Waals surface area (Å²) in [7, 11) is 0. The lowest BCUT2D eigenvalue weighted by molar-refractivity contribution is 0.227. The molecule has 0 radical (unpaired) electrons. The van der Waals surface area contributed by atoms with Crippen molar-refractivity contribution < 1.29 is 0 Å². The van der Waals surface area contributed by atoms with Crippen LogP contribution in [0.4, 0.5) is 0 Å². The summed E-state index contributed by atoms with van der Waals surface area (Å²) in [4.78, 5) is 6.83. The van der Waals surface area contributed by atoms with Crippen LogP contribution in [0.2, 0.25) is 0 Å². The first kappa shape index (κ1) is 12.2. The van der Waals surface area contributed by atoms with E-state index in [1.54, 1.807) is 0 Å². The van der Waals surface area contributed by atoms with Crippen molar-refractivity contribution in [2.24, 2.45) is 5.73 Å². The molecule has 0 spiro atoms. The Morgan fingerprint density at radius 1 is 1.53 bits per heavy atom. The van der Waals surface area contributed by atoms with Gasteiger partial charge < -0.3 is 10.3 Å². The second kappa shape index (κ2) is 5.35. The maximum atomic E-state index is 5.67. The van der Waals surface area contributed by atoms with Gasteiger partial charge in [-0.05, 0) is 19.4 Å². The first-order valence-electron chi connectivity index (χ1n) is 6.22. The summed E-state index contributed by atoms with van der Waals surface area (Å²) >= 11 is 0. The monoisotopic (exact) mass is 232 g/mol. The molecule has 1 aromatic rings. The minimum Gasteiger partial charge on any atom is -0.327 e. The Bertz CT molecular complexity index is 436. The molecule has 0 saturated carbocycles. The molecule has 92 valence electrons. The molecule has 0 amide bonds. The third-order valence-corrected chi connectivity index (χ3v) is 3.03. The van der Waals surface area contributed by atoms with Gasteiger partial charge in [0, 0.05) is 25.6 Å². The van der Waals surface area contributed by atoms with Crippen molar-refractivity contribution in [3.8, 4) is 11.8 Å². The van der Waals surface area contributed by atoms with Crippen LogP contribution in [0, 0.1) is 11.8 Å². The number of nitrogens with two attached hydrogens (primary N) is 1. The molecule has 0 bridgehead atoms. The van der Waals surface area contributed by atoms with E-state index in [1.165, 1.54) is 0 Å². The van der Waals surface area contributed by atoms with Gasteiger partial charge in [-0.25, -0.2) is 4.98 Å². The van der Waals surface area contributed by atoms with E-state index in [2.05, 4.69) is 33.2 Å². The van der Waals surface area contributed by atoms with E-state index in [-0.39, 0.29) is 6.04 Å². The third-order valence-electron chi connectivity index (χ3n) is 3.03. The van der Waals surface area contributed by atoms with Crippen molar-refractivity contribution in [2.45, 2.75) is 39.4 Å². The zero-order valence-electron chi connectivity index (χ0n) is 10.6. The summed E-state index contributed by atoms with van der Waals surface area (Å²) in [6.45, 7) is 8.25. The summed E-state index contributed by atoms with van der Waals surface area (Å²) < 4.78 is 2.22. The second-order valence-electron chi connectivity index (χ2n) is 4.56. The van der Waals surface area contributed by atoms with Gasteiger partial charge in [0.25, 0.3) is 0 Å². The van der Waals surface area contributed by atoms with Crippen LogP contribution < -0.4 is 5.73 Å². The van der Waals surface area contributed by atoms with E-state index in [1.807, 2.05) is 13.1 Å². The minimum absolute atomic E-state index is 0.141. The number of nitrogens with zero attached hydrogens (tertiary/aromatic N) is 3. The topological polar surface area (TPSA) is 47.1 Å². The molecule has 17 heavy (non-hydrogen) atoms. The Morgan fingerprint density at radius 3 is 3.06 bits per heavy atom. The summed E-state index contributed by atoms with van der Waals surface area (Å²) in [5.41, 5.74) is 6.70. The number of fused-ring (bicyclic) bond motifs is 1. The average Bonchev–Trinajstić information content (AvgIpc) is 2.71. The van der Waals surface area contributed by atoms with E-state index in [9.17, 15) is 0 Å². The fraction of sp³-hybridized carbons (Fsp3) is 0.615. The Hall–Kier alpha value is -1.31. The van der Waals surface area contributed by atoms with Gasteiger partial charge in [0.2, 0.25) is 0 Å².